The highest BCUT2D eigenvalue weighted by Gasteiger charge is 2.20. The van der Waals surface area contributed by atoms with Crippen molar-refractivity contribution >= 4 is 45.0 Å². The van der Waals surface area contributed by atoms with Crippen LogP contribution in [0.2, 0.25) is 0 Å². The molecule has 98 valence electrons. The largest absolute Gasteiger partial charge is 0.375 e. The van der Waals surface area contributed by atoms with Gasteiger partial charge in [-0.15, -0.1) is 0 Å². The van der Waals surface area contributed by atoms with Crippen LogP contribution < -0.4 is 5.73 Å². The van der Waals surface area contributed by atoms with E-state index in [4.69, 9.17) is 17.3 Å². The van der Waals surface area contributed by atoms with Crippen molar-refractivity contribution in [2.75, 3.05) is 5.73 Å². The lowest BCUT2D eigenvalue weighted by atomic mass is 10.2. The lowest BCUT2D eigenvalue weighted by molar-refractivity contribution is 0.617. The summed E-state index contributed by atoms with van der Waals surface area (Å²) in [4.78, 5) is 5.38. The number of nitrogen functional groups attached to an aromatic ring is 1. The lowest BCUT2D eigenvalue weighted by Crippen LogP contribution is -2.13. The van der Waals surface area contributed by atoms with Gasteiger partial charge in [0.05, 0.1) is 16.5 Å². The highest BCUT2D eigenvalue weighted by atomic mass is 35.5. The number of halogens is 1. The Morgan fingerprint density at radius 1 is 1.37 bits per heavy atom. The number of aromatic nitrogens is 1. The molecular formula is C13H12ClN3S2. The van der Waals surface area contributed by atoms with E-state index >= 15 is 0 Å². The second-order valence-corrected chi connectivity index (χ2v) is 6.67. The van der Waals surface area contributed by atoms with Gasteiger partial charge in [0.2, 0.25) is 0 Å². The Balaban J connectivity index is 1.69. The molecule has 19 heavy (non-hydrogen) atoms. The van der Waals surface area contributed by atoms with Gasteiger partial charge in [0.25, 0.3) is 0 Å². The maximum atomic E-state index is 6.23. The summed E-state index contributed by atoms with van der Waals surface area (Å²) in [6, 6.07) is 10.4. The number of fused-ring (bicyclic) bond motifs is 1. The first-order valence-electron chi connectivity index (χ1n) is 5.79. The molecule has 2 heterocycles. The number of nitrogens with zero attached hydrogens (tertiary/aromatic N) is 2. The second-order valence-electron chi connectivity index (χ2n) is 4.14. The summed E-state index contributed by atoms with van der Waals surface area (Å²) in [5.41, 5.74) is 7.86. The van der Waals surface area contributed by atoms with Gasteiger partial charge < -0.3 is 10.0 Å². The minimum atomic E-state index is 0.575. The van der Waals surface area contributed by atoms with E-state index in [-0.39, 0.29) is 0 Å². The van der Waals surface area contributed by atoms with E-state index in [1.807, 2.05) is 12.3 Å². The van der Waals surface area contributed by atoms with Crippen LogP contribution in [-0.4, -0.2) is 9.29 Å². The molecular weight excluding hydrogens is 298 g/mol. The topological polar surface area (TPSA) is 42.1 Å². The molecule has 0 radical (unpaired) electrons. The zero-order valence-corrected chi connectivity index (χ0v) is 12.4. The summed E-state index contributed by atoms with van der Waals surface area (Å²) in [7, 11) is 0. The molecule has 0 spiro atoms. The molecule has 0 atom stereocenters. The molecule has 2 N–H and O–H groups in total. The van der Waals surface area contributed by atoms with Crippen LogP contribution in [0.4, 0.5) is 5.13 Å². The van der Waals surface area contributed by atoms with Crippen LogP contribution >= 0.6 is 34.9 Å². The Labute approximate surface area is 125 Å². The maximum absolute atomic E-state index is 6.23. The zero-order chi connectivity index (χ0) is 13.2. The number of thiazole rings is 1. The Morgan fingerprint density at radius 2 is 2.16 bits per heavy atom. The molecule has 1 aliphatic heterocycles. The van der Waals surface area contributed by atoms with Crippen molar-refractivity contribution in [3.63, 3.8) is 0 Å². The number of anilines is 1. The minimum absolute atomic E-state index is 0.575. The Bertz CT molecular complexity index is 610. The van der Waals surface area contributed by atoms with Gasteiger partial charge in [-0.2, -0.15) is 0 Å². The molecule has 6 heteroatoms. The predicted molar refractivity (Wildman–Crippen MR) is 83.6 cm³/mol. The third-order valence-corrected chi connectivity index (χ3v) is 4.91. The van der Waals surface area contributed by atoms with E-state index in [2.05, 4.69) is 33.6 Å². The smallest absolute Gasteiger partial charge is 0.180 e. The maximum Gasteiger partial charge on any atom is 0.180 e. The Morgan fingerprint density at radius 3 is 2.95 bits per heavy atom. The number of hydrogen-bond acceptors (Lipinski definition) is 5. The van der Waals surface area contributed by atoms with Crippen LogP contribution in [0, 0.1) is 0 Å². The zero-order valence-electron chi connectivity index (χ0n) is 10.0. The Kier molecular flexibility index (Phi) is 3.68. The van der Waals surface area contributed by atoms with E-state index in [9.17, 15) is 0 Å². The van der Waals surface area contributed by atoms with Gasteiger partial charge in [0, 0.05) is 12.0 Å². The van der Waals surface area contributed by atoms with E-state index in [0.717, 1.165) is 22.9 Å². The van der Waals surface area contributed by atoms with Gasteiger partial charge in [0.15, 0.2) is 5.13 Å². The van der Waals surface area contributed by atoms with Gasteiger partial charge in [0.1, 0.15) is 5.69 Å². The van der Waals surface area contributed by atoms with Crippen molar-refractivity contribution in [1.29, 1.82) is 0 Å². The summed E-state index contributed by atoms with van der Waals surface area (Å²) in [5, 5.41) is 1.24. The van der Waals surface area contributed by atoms with Crippen LogP contribution in [0.25, 0.3) is 5.03 Å². The molecule has 1 aromatic carbocycles. The quantitative estimate of drug-likeness (QED) is 0.872. The summed E-state index contributed by atoms with van der Waals surface area (Å²) in [6.07, 6.45) is 1.93. The first-order chi connectivity index (χ1) is 9.22. The standard InChI is InChI=1S/C13H12ClN3S2/c14-10-6-17(7-11-12(10)16-13(15)19-11)18-8-9-4-2-1-3-5-9/h1-6H,7-8H2,(H2,15,16). The van der Waals surface area contributed by atoms with E-state index < -0.39 is 0 Å². The van der Waals surface area contributed by atoms with Crippen molar-refractivity contribution in [2.24, 2.45) is 0 Å². The molecule has 3 rings (SSSR count). The SMILES string of the molecule is Nc1nc2c(s1)CN(SCc1ccccc1)C=C2Cl. The van der Waals surface area contributed by atoms with Crippen LogP contribution in [0.1, 0.15) is 16.1 Å². The fraction of sp³-hybridized carbons (Fsp3) is 0.154. The van der Waals surface area contributed by atoms with Crippen molar-refractivity contribution < 1.29 is 0 Å². The highest BCUT2D eigenvalue weighted by molar-refractivity contribution is 7.96. The van der Waals surface area contributed by atoms with Gasteiger partial charge in [-0.25, -0.2) is 4.98 Å². The molecule has 3 nitrogen and oxygen atoms in total. The molecule has 0 bridgehead atoms. The monoisotopic (exact) mass is 309 g/mol. The molecule has 0 fully saturated rings. The predicted octanol–water partition coefficient (Wildman–Crippen LogP) is 3.93. The molecule has 1 aromatic heterocycles. The van der Waals surface area contributed by atoms with Crippen LogP contribution in [0.15, 0.2) is 36.5 Å². The number of benzene rings is 1. The third-order valence-electron chi connectivity index (χ3n) is 2.74. The van der Waals surface area contributed by atoms with Gasteiger partial charge in [-0.1, -0.05) is 53.3 Å². The fourth-order valence-electron chi connectivity index (χ4n) is 1.85. The first-order valence-corrected chi connectivity index (χ1v) is 7.92. The fourth-order valence-corrected chi connectivity index (χ4v) is 4.08. The molecule has 1 aliphatic rings. The van der Waals surface area contributed by atoms with Crippen molar-refractivity contribution in [3.8, 4) is 0 Å². The average Bonchev–Trinajstić information content (AvgIpc) is 2.79. The molecule has 2 aromatic rings. The van der Waals surface area contributed by atoms with Crippen LogP contribution in [0.3, 0.4) is 0 Å². The number of hydrogen-bond donors (Lipinski definition) is 1. The number of rotatable bonds is 3. The average molecular weight is 310 g/mol. The molecule has 0 amide bonds. The highest BCUT2D eigenvalue weighted by Crippen LogP contribution is 2.36. The first kappa shape index (κ1) is 12.8. The van der Waals surface area contributed by atoms with Crippen molar-refractivity contribution in [1.82, 2.24) is 9.29 Å². The second kappa shape index (κ2) is 5.45. The van der Waals surface area contributed by atoms with E-state index in [1.165, 1.54) is 16.9 Å². The van der Waals surface area contributed by atoms with E-state index in [1.54, 1.807) is 11.9 Å². The summed E-state index contributed by atoms with van der Waals surface area (Å²) >= 11 is 9.48. The number of nitrogens with two attached hydrogens (primary N) is 1. The van der Waals surface area contributed by atoms with Crippen molar-refractivity contribution in [3.05, 3.63) is 52.7 Å². The summed E-state index contributed by atoms with van der Waals surface area (Å²) < 4.78 is 2.13. The van der Waals surface area contributed by atoms with Crippen LogP contribution in [0.5, 0.6) is 0 Å². The van der Waals surface area contributed by atoms with Gasteiger partial charge in [-0.3, -0.25) is 0 Å². The summed E-state index contributed by atoms with van der Waals surface area (Å²) in [6.45, 7) is 0.803. The van der Waals surface area contributed by atoms with Crippen LogP contribution in [-0.2, 0) is 12.3 Å². The van der Waals surface area contributed by atoms with Gasteiger partial charge >= 0.3 is 0 Å². The normalized spacial score (nSPS) is 14.2. The summed E-state index contributed by atoms with van der Waals surface area (Å²) in [5.74, 6) is 0.922. The third kappa shape index (κ3) is 2.88. The molecule has 0 saturated carbocycles. The molecule has 0 aliphatic carbocycles. The molecule has 0 saturated heterocycles. The van der Waals surface area contributed by atoms with Crippen molar-refractivity contribution in [2.45, 2.75) is 12.3 Å². The molecule has 0 unspecified atom stereocenters. The minimum Gasteiger partial charge on any atom is -0.375 e. The Hall–Kier alpha value is -1.17. The van der Waals surface area contributed by atoms with E-state index in [0.29, 0.717) is 10.2 Å². The lowest BCUT2D eigenvalue weighted by Gasteiger charge is -2.22. The van der Waals surface area contributed by atoms with Gasteiger partial charge in [-0.05, 0) is 17.5 Å².